The van der Waals surface area contributed by atoms with Crippen molar-refractivity contribution in [3.8, 4) is 0 Å². The maximum Gasteiger partial charge on any atom is 0.220 e. The van der Waals surface area contributed by atoms with Crippen LogP contribution in [0.4, 0.5) is 0 Å². The van der Waals surface area contributed by atoms with Crippen LogP contribution in [-0.4, -0.2) is 60.6 Å². The van der Waals surface area contributed by atoms with E-state index < -0.39 is 0 Å². The summed E-state index contributed by atoms with van der Waals surface area (Å²) in [6, 6.07) is 0. The van der Waals surface area contributed by atoms with Gasteiger partial charge in [-0.2, -0.15) is 11.8 Å². The highest BCUT2D eigenvalue weighted by molar-refractivity contribution is 7.99. The van der Waals surface area contributed by atoms with E-state index in [2.05, 4.69) is 27.3 Å². The summed E-state index contributed by atoms with van der Waals surface area (Å²) in [6.07, 6.45) is 10.8. The number of nitrogens with one attached hydrogen (secondary N) is 2. The Kier molecular flexibility index (Phi) is 11.9. The molecule has 3 fully saturated rings. The average molecular weight is 426 g/mol. The van der Waals surface area contributed by atoms with E-state index in [1.807, 2.05) is 0 Å². The second kappa shape index (κ2) is 12.7. The average Bonchev–Trinajstić information content (AvgIpc) is 2.67. The standard InChI is InChI=1S/C19H35N3OS.2ClH/c23-18(5-4-17-6-10-20-11-7-17)21-16-19(8-2-1-3-9-19)22-12-14-24-15-13-22;;/h17,20H,1-16H2,(H,21,23);2*1H. The van der Waals surface area contributed by atoms with Crippen molar-refractivity contribution >= 4 is 42.5 Å². The first kappa shape index (κ1) is 24.4. The summed E-state index contributed by atoms with van der Waals surface area (Å²) in [5.74, 6) is 3.54. The predicted octanol–water partition coefficient (Wildman–Crippen LogP) is 3.48. The second-order valence-electron chi connectivity index (χ2n) is 7.89. The number of piperidine rings is 1. The smallest absolute Gasteiger partial charge is 0.220 e. The molecule has 4 nitrogen and oxygen atoms in total. The molecule has 0 bridgehead atoms. The number of thioether (sulfide) groups is 1. The molecule has 2 saturated heterocycles. The molecule has 26 heavy (non-hydrogen) atoms. The molecule has 3 aliphatic rings. The lowest BCUT2D eigenvalue weighted by Crippen LogP contribution is -2.58. The largest absolute Gasteiger partial charge is 0.354 e. The number of halogens is 2. The summed E-state index contributed by atoms with van der Waals surface area (Å²) in [5.41, 5.74) is 0.254. The highest BCUT2D eigenvalue weighted by atomic mass is 35.5. The van der Waals surface area contributed by atoms with Gasteiger partial charge in [0, 0.05) is 43.1 Å². The molecule has 154 valence electrons. The number of carbonyl (C=O) groups excluding carboxylic acids is 1. The van der Waals surface area contributed by atoms with Crippen molar-refractivity contribution < 1.29 is 4.79 Å². The quantitative estimate of drug-likeness (QED) is 0.683. The van der Waals surface area contributed by atoms with Gasteiger partial charge in [0.1, 0.15) is 0 Å². The van der Waals surface area contributed by atoms with Crippen LogP contribution in [0, 0.1) is 5.92 Å². The molecular formula is C19H37Cl2N3OS. The first-order chi connectivity index (χ1) is 11.8. The van der Waals surface area contributed by atoms with Gasteiger partial charge in [-0.05, 0) is 51.1 Å². The van der Waals surface area contributed by atoms with Gasteiger partial charge in [-0.15, -0.1) is 24.8 Å². The summed E-state index contributed by atoms with van der Waals surface area (Å²) < 4.78 is 0. The summed E-state index contributed by atoms with van der Waals surface area (Å²) in [4.78, 5) is 15.1. The zero-order valence-corrected chi connectivity index (χ0v) is 18.4. The fourth-order valence-corrected chi connectivity index (χ4v) is 5.61. The third-order valence-electron chi connectivity index (χ3n) is 6.32. The molecule has 3 rings (SSSR count). The maximum atomic E-state index is 12.4. The van der Waals surface area contributed by atoms with E-state index in [0.717, 1.165) is 38.4 Å². The fraction of sp³-hybridized carbons (Fsp3) is 0.947. The van der Waals surface area contributed by atoms with Crippen molar-refractivity contribution in [1.29, 1.82) is 0 Å². The lowest BCUT2D eigenvalue weighted by Gasteiger charge is -2.48. The summed E-state index contributed by atoms with van der Waals surface area (Å²) in [7, 11) is 0. The third kappa shape index (κ3) is 7.05. The molecule has 0 radical (unpaired) electrons. The maximum absolute atomic E-state index is 12.4. The van der Waals surface area contributed by atoms with E-state index >= 15 is 0 Å². The molecule has 1 amide bonds. The van der Waals surface area contributed by atoms with Gasteiger partial charge in [-0.3, -0.25) is 9.69 Å². The van der Waals surface area contributed by atoms with E-state index in [0.29, 0.717) is 0 Å². The number of amides is 1. The molecule has 0 aromatic rings. The van der Waals surface area contributed by atoms with Crippen molar-refractivity contribution in [3.63, 3.8) is 0 Å². The Hall–Kier alpha value is 0.320. The molecule has 1 saturated carbocycles. The third-order valence-corrected chi connectivity index (χ3v) is 7.26. The van der Waals surface area contributed by atoms with Gasteiger partial charge in [0.25, 0.3) is 0 Å². The van der Waals surface area contributed by atoms with E-state index in [-0.39, 0.29) is 36.3 Å². The Balaban J connectivity index is 0.00000169. The van der Waals surface area contributed by atoms with Gasteiger partial charge in [-0.25, -0.2) is 0 Å². The minimum atomic E-state index is 0. The summed E-state index contributed by atoms with van der Waals surface area (Å²) in [5, 5.41) is 6.73. The Morgan fingerprint density at radius 3 is 2.38 bits per heavy atom. The molecule has 0 aromatic heterocycles. The van der Waals surface area contributed by atoms with Crippen LogP contribution >= 0.6 is 36.6 Å². The van der Waals surface area contributed by atoms with E-state index in [9.17, 15) is 4.79 Å². The molecular weight excluding hydrogens is 389 g/mol. The summed E-state index contributed by atoms with van der Waals surface area (Å²) >= 11 is 2.08. The van der Waals surface area contributed by atoms with Crippen LogP contribution in [0.1, 0.15) is 57.8 Å². The molecule has 2 heterocycles. The SMILES string of the molecule is Cl.Cl.O=C(CCC1CCNCC1)NCC1(N2CCSCC2)CCCCC1. The molecule has 0 spiro atoms. The second-order valence-corrected chi connectivity index (χ2v) is 9.12. The molecule has 0 aromatic carbocycles. The number of carbonyl (C=O) groups is 1. The first-order valence-electron chi connectivity index (χ1n) is 10.1. The van der Waals surface area contributed by atoms with Crippen molar-refractivity contribution in [3.05, 3.63) is 0 Å². The molecule has 2 N–H and O–H groups in total. The van der Waals surface area contributed by atoms with Crippen LogP contribution < -0.4 is 10.6 Å². The minimum absolute atomic E-state index is 0. The van der Waals surface area contributed by atoms with Gasteiger partial charge < -0.3 is 10.6 Å². The highest BCUT2D eigenvalue weighted by Crippen LogP contribution is 2.34. The van der Waals surface area contributed by atoms with Crippen LogP contribution in [0.25, 0.3) is 0 Å². The van der Waals surface area contributed by atoms with Gasteiger partial charge in [0.15, 0.2) is 0 Å². The van der Waals surface area contributed by atoms with Crippen LogP contribution in [0.3, 0.4) is 0 Å². The molecule has 2 aliphatic heterocycles. The first-order valence-corrected chi connectivity index (χ1v) is 11.2. The van der Waals surface area contributed by atoms with Gasteiger partial charge in [0.2, 0.25) is 5.91 Å². The van der Waals surface area contributed by atoms with Gasteiger partial charge >= 0.3 is 0 Å². The minimum Gasteiger partial charge on any atom is -0.354 e. The number of hydrogen-bond acceptors (Lipinski definition) is 4. The Labute approximate surface area is 176 Å². The molecule has 0 atom stereocenters. The predicted molar refractivity (Wildman–Crippen MR) is 117 cm³/mol. The highest BCUT2D eigenvalue weighted by Gasteiger charge is 2.38. The van der Waals surface area contributed by atoms with Crippen LogP contribution in [0.5, 0.6) is 0 Å². The Morgan fingerprint density at radius 2 is 1.73 bits per heavy atom. The Bertz CT molecular complexity index is 396. The van der Waals surface area contributed by atoms with Gasteiger partial charge in [-0.1, -0.05) is 19.3 Å². The van der Waals surface area contributed by atoms with E-state index in [1.54, 1.807) is 0 Å². The topological polar surface area (TPSA) is 44.4 Å². The number of rotatable bonds is 6. The zero-order chi connectivity index (χ0) is 16.7. The van der Waals surface area contributed by atoms with Crippen LogP contribution in [0.15, 0.2) is 0 Å². The molecule has 7 heteroatoms. The number of nitrogens with zero attached hydrogens (tertiary/aromatic N) is 1. The lowest BCUT2D eigenvalue weighted by atomic mass is 9.80. The summed E-state index contributed by atoms with van der Waals surface area (Å²) in [6.45, 7) is 5.54. The van der Waals surface area contributed by atoms with Crippen molar-refractivity contribution in [1.82, 2.24) is 15.5 Å². The normalized spacial score (nSPS) is 24.2. The van der Waals surface area contributed by atoms with Crippen molar-refractivity contribution in [2.75, 3.05) is 44.2 Å². The zero-order valence-electron chi connectivity index (χ0n) is 16.0. The lowest BCUT2D eigenvalue weighted by molar-refractivity contribution is -0.122. The van der Waals surface area contributed by atoms with Gasteiger partial charge in [0.05, 0.1) is 0 Å². The monoisotopic (exact) mass is 425 g/mol. The molecule has 1 aliphatic carbocycles. The van der Waals surface area contributed by atoms with E-state index in [1.165, 1.54) is 69.5 Å². The number of hydrogen-bond donors (Lipinski definition) is 2. The van der Waals surface area contributed by atoms with Crippen LogP contribution in [0.2, 0.25) is 0 Å². The van der Waals surface area contributed by atoms with Crippen molar-refractivity contribution in [2.24, 2.45) is 5.92 Å². The fourth-order valence-electron chi connectivity index (χ4n) is 4.71. The Morgan fingerprint density at radius 1 is 1.08 bits per heavy atom. The molecule has 0 unspecified atom stereocenters. The van der Waals surface area contributed by atoms with E-state index in [4.69, 9.17) is 0 Å². The van der Waals surface area contributed by atoms with Crippen LogP contribution in [-0.2, 0) is 4.79 Å². The van der Waals surface area contributed by atoms with Crippen molar-refractivity contribution in [2.45, 2.75) is 63.3 Å².